The summed E-state index contributed by atoms with van der Waals surface area (Å²) in [6, 6.07) is 31.6. The maximum Gasteiger partial charge on any atom is 0.0886 e. The Balaban J connectivity index is 0.000000248. The molecule has 0 saturated carbocycles. The van der Waals surface area contributed by atoms with Gasteiger partial charge in [0.1, 0.15) is 0 Å². The molecule has 0 aliphatic heterocycles. The van der Waals surface area contributed by atoms with Gasteiger partial charge in [-0.15, -0.1) is 0 Å². The minimum atomic E-state index is -10.7. The minimum absolute atomic E-state index is 0. The van der Waals surface area contributed by atoms with Gasteiger partial charge in [-0.1, -0.05) is 77.9 Å². The van der Waals surface area contributed by atoms with Crippen molar-refractivity contribution in [1.29, 1.82) is 0 Å². The predicted molar refractivity (Wildman–Crippen MR) is 193 cm³/mol. The van der Waals surface area contributed by atoms with Crippen molar-refractivity contribution in [3.63, 3.8) is 0 Å². The van der Waals surface area contributed by atoms with Gasteiger partial charge in [-0.2, -0.15) is 0 Å². The summed E-state index contributed by atoms with van der Waals surface area (Å²) in [7, 11) is -10.7. The van der Waals surface area contributed by atoms with Gasteiger partial charge >= 0.3 is 33.0 Å². The Bertz CT molecular complexity index is 1770. The molecule has 6 heterocycles. The topological polar surface area (TPSA) is 77.3 Å². The molecule has 0 fully saturated rings. The van der Waals surface area contributed by atoms with E-state index >= 15 is 0 Å². The Labute approximate surface area is 313 Å². The van der Waals surface area contributed by atoms with Crippen molar-refractivity contribution in [1.82, 2.24) is 29.9 Å². The first-order valence-corrected chi connectivity index (χ1v) is 17.7. The number of hydrogen-bond acceptors (Lipinski definition) is 6. The molecule has 0 spiro atoms. The van der Waals surface area contributed by atoms with Crippen LogP contribution in [0.1, 0.15) is 52.7 Å². The van der Waals surface area contributed by atoms with Crippen LogP contribution >= 0.6 is 7.81 Å². The molecule has 1 radical (unpaired) electrons. The van der Waals surface area contributed by atoms with Crippen LogP contribution < -0.4 is 0 Å². The number of halogens is 6. The molecule has 279 valence electrons. The molecule has 0 amide bonds. The summed E-state index contributed by atoms with van der Waals surface area (Å²) in [6.45, 7) is 13.1. The van der Waals surface area contributed by atoms with Crippen LogP contribution in [-0.2, 0) is 30.9 Å². The van der Waals surface area contributed by atoms with E-state index in [1.54, 1.807) is 24.8 Å². The van der Waals surface area contributed by atoms with Crippen LogP contribution in [0.3, 0.4) is 0 Å². The first kappa shape index (κ1) is 43.7. The zero-order valence-electron chi connectivity index (χ0n) is 29.4. The number of hydrogen-bond donors (Lipinski definition) is 0. The van der Waals surface area contributed by atoms with Crippen molar-refractivity contribution in [3.8, 4) is 34.2 Å². The predicted octanol–water partition coefficient (Wildman–Crippen LogP) is 12.4. The monoisotopic (exact) mass is 918 g/mol. The maximum atomic E-state index is 9.87. The molecule has 52 heavy (non-hydrogen) atoms. The van der Waals surface area contributed by atoms with Gasteiger partial charge in [-0.25, -0.2) is 0 Å². The zero-order chi connectivity index (χ0) is 37.8. The first-order chi connectivity index (χ1) is 23.6. The van der Waals surface area contributed by atoms with Gasteiger partial charge in [0.2, 0.25) is 0 Å². The van der Waals surface area contributed by atoms with Crippen molar-refractivity contribution in [2.75, 3.05) is 0 Å². The van der Waals surface area contributed by atoms with E-state index in [-0.39, 0.29) is 30.9 Å². The molecule has 6 aromatic heterocycles. The van der Waals surface area contributed by atoms with Gasteiger partial charge in [0, 0.05) is 57.3 Å². The Morgan fingerprint density at radius 2 is 0.596 bits per heavy atom. The largest absolute Gasteiger partial charge is 0.255 e. The average molecular weight is 918 g/mol. The molecular weight excluding hydrogens is 878 g/mol. The molecule has 0 aromatic carbocycles. The van der Waals surface area contributed by atoms with E-state index in [2.05, 4.69) is 83.6 Å². The van der Waals surface area contributed by atoms with Crippen molar-refractivity contribution in [2.24, 2.45) is 0 Å². The maximum absolute atomic E-state index is 10.7. The van der Waals surface area contributed by atoms with Crippen LogP contribution in [0.4, 0.5) is 25.2 Å². The van der Waals surface area contributed by atoms with Gasteiger partial charge < -0.3 is 0 Å². The van der Waals surface area contributed by atoms with Crippen molar-refractivity contribution in [3.05, 3.63) is 145 Å². The normalized spacial score (nSPS) is 12.4. The number of nitrogens with zero attached hydrogens (tertiary/aromatic N) is 6. The second kappa shape index (κ2) is 17.4. The molecular formula is C38H40F6IrN6P-. The van der Waals surface area contributed by atoms with Crippen LogP contribution in [0.15, 0.2) is 134 Å². The van der Waals surface area contributed by atoms with Crippen LogP contribution in [0.5, 0.6) is 0 Å². The zero-order valence-corrected chi connectivity index (χ0v) is 32.7. The van der Waals surface area contributed by atoms with E-state index in [0.717, 1.165) is 34.2 Å². The van der Waals surface area contributed by atoms with E-state index in [1.807, 2.05) is 97.3 Å². The summed E-state index contributed by atoms with van der Waals surface area (Å²) in [5.41, 5.74) is 8.30. The Hall–Kier alpha value is -4.44. The third-order valence-electron chi connectivity index (χ3n) is 6.71. The molecule has 0 aliphatic carbocycles. The van der Waals surface area contributed by atoms with Crippen molar-refractivity contribution in [2.45, 2.75) is 52.4 Å². The fourth-order valence-corrected chi connectivity index (χ4v) is 4.04. The number of rotatable bonds is 3. The van der Waals surface area contributed by atoms with Crippen LogP contribution in [0.25, 0.3) is 34.2 Å². The number of pyridine rings is 6. The van der Waals surface area contributed by atoms with Gasteiger partial charge in [0.25, 0.3) is 0 Å². The standard InChI is InChI=1S/2C14H16N2.C10H8N2.F6P.Ir/c2*1-14(2,3)11-7-8-13(16-10-11)12-6-4-5-9-15-12;1-3-7-11-9(5-1)10-6-2-4-8-12-10;1-7(2,3,4,5)6;/h2*4-10H,1-3H3;1-8H;;/q;;;-1;. The van der Waals surface area contributed by atoms with E-state index in [9.17, 15) is 25.2 Å². The SMILES string of the molecule is CC(C)(C)c1ccc(-c2ccccn2)nc1.CC(C)(C)c1ccc(-c2ccccn2)nc1.F[P-](F)(F)(F)(F)F.[Ir].c1ccc(-c2ccccn2)nc1. The molecule has 0 unspecified atom stereocenters. The molecule has 14 heteroatoms. The molecule has 0 aliphatic rings. The molecule has 0 bridgehead atoms. The fourth-order valence-electron chi connectivity index (χ4n) is 4.04. The van der Waals surface area contributed by atoms with E-state index in [0.29, 0.717) is 0 Å². The van der Waals surface area contributed by atoms with E-state index in [1.165, 1.54) is 11.1 Å². The van der Waals surface area contributed by atoms with Gasteiger partial charge in [-0.3, -0.25) is 29.9 Å². The molecule has 0 atom stereocenters. The first-order valence-electron chi connectivity index (χ1n) is 15.7. The summed E-state index contributed by atoms with van der Waals surface area (Å²) in [5.74, 6) is 0. The summed E-state index contributed by atoms with van der Waals surface area (Å²) >= 11 is 0. The molecule has 0 saturated heterocycles. The molecule has 6 rings (SSSR count). The minimum Gasteiger partial charge on any atom is -0.255 e. The van der Waals surface area contributed by atoms with Crippen molar-refractivity contribution >= 4 is 7.81 Å². The third-order valence-corrected chi connectivity index (χ3v) is 6.71. The molecule has 6 nitrogen and oxygen atoms in total. The Kier molecular flexibility index (Phi) is 14.6. The second-order valence-electron chi connectivity index (χ2n) is 13.2. The fraction of sp³-hybridized carbons (Fsp3) is 0.211. The van der Waals surface area contributed by atoms with Gasteiger partial charge in [0.15, 0.2) is 0 Å². The average Bonchev–Trinajstić information content (AvgIpc) is 3.08. The van der Waals surface area contributed by atoms with Gasteiger partial charge in [0.05, 0.1) is 34.2 Å². The quantitative estimate of drug-likeness (QED) is 0.130. The Morgan fingerprint density at radius 3 is 0.750 bits per heavy atom. The number of aromatic nitrogens is 6. The van der Waals surface area contributed by atoms with Crippen LogP contribution in [0, 0.1) is 0 Å². The summed E-state index contributed by atoms with van der Waals surface area (Å²) < 4.78 is 59.2. The van der Waals surface area contributed by atoms with Crippen LogP contribution in [-0.4, -0.2) is 29.9 Å². The summed E-state index contributed by atoms with van der Waals surface area (Å²) in [6.07, 6.45) is 11.0. The van der Waals surface area contributed by atoms with E-state index < -0.39 is 7.81 Å². The van der Waals surface area contributed by atoms with Gasteiger partial charge in [-0.05, 0) is 82.6 Å². The van der Waals surface area contributed by atoms with Crippen LogP contribution in [0.2, 0.25) is 0 Å². The molecule has 6 aromatic rings. The van der Waals surface area contributed by atoms with Crippen molar-refractivity contribution < 1.29 is 45.3 Å². The summed E-state index contributed by atoms with van der Waals surface area (Å²) in [5, 5.41) is 0. The third kappa shape index (κ3) is 17.7. The second-order valence-corrected chi connectivity index (χ2v) is 15.1. The molecule has 0 N–H and O–H groups in total. The summed E-state index contributed by atoms with van der Waals surface area (Å²) in [4.78, 5) is 25.8. The van der Waals surface area contributed by atoms with E-state index in [4.69, 9.17) is 0 Å². The Morgan fingerprint density at radius 1 is 0.365 bits per heavy atom. The smallest absolute Gasteiger partial charge is 0.0886 e.